The highest BCUT2D eigenvalue weighted by Gasteiger charge is 2.22. The number of benzene rings is 2. The van der Waals surface area contributed by atoms with Gasteiger partial charge in [-0.25, -0.2) is 8.42 Å². The molecule has 162 valence electrons. The zero-order valence-corrected chi connectivity index (χ0v) is 18.5. The van der Waals surface area contributed by atoms with Crippen molar-refractivity contribution in [3.05, 3.63) is 54.1 Å². The number of rotatable bonds is 9. The zero-order valence-electron chi connectivity index (χ0n) is 17.7. The van der Waals surface area contributed by atoms with Crippen LogP contribution in [0.1, 0.15) is 49.9 Å². The third kappa shape index (κ3) is 5.40. The second kappa shape index (κ2) is 10.1. The first-order valence-corrected chi connectivity index (χ1v) is 12.1. The van der Waals surface area contributed by atoms with E-state index in [4.69, 9.17) is 0 Å². The summed E-state index contributed by atoms with van der Waals surface area (Å²) in [6.07, 6.45) is 5.25. The van der Waals surface area contributed by atoms with Crippen molar-refractivity contribution >= 4 is 27.3 Å². The van der Waals surface area contributed by atoms with Crippen LogP contribution in [0.5, 0.6) is 0 Å². The van der Waals surface area contributed by atoms with Gasteiger partial charge in [0.05, 0.1) is 4.90 Å². The molecule has 2 N–H and O–H groups in total. The van der Waals surface area contributed by atoms with Crippen molar-refractivity contribution in [2.45, 2.75) is 44.4 Å². The first-order chi connectivity index (χ1) is 14.4. The maximum atomic E-state index is 12.7. The van der Waals surface area contributed by atoms with E-state index < -0.39 is 10.0 Å². The number of sulfonamides is 1. The van der Waals surface area contributed by atoms with Gasteiger partial charge in [0.1, 0.15) is 0 Å². The lowest BCUT2D eigenvalue weighted by atomic mass is 10.1. The van der Waals surface area contributed by atoms with Gasteiger partial charge >= 0.3 is 0 Å². The molecule has 1 aliphatic carbocycles. The van der Waals surface area contributed by atoms with Crippen LogP contribution in [0, 0.1) is 5.92 Å². The lowest BCUT2D eigenvalue weighted by molar-refractivity contribution is 0.102. The molecule has 0 aliphatic heterocycles. The number of hydrogen-bond donors (Lipinski definition) is 2. The zero-order chi connectivity index (χ0) is 21.6. The Kier molecular flexibility index (Phi) is 7.50. The van der Waals surface area contributed by atoms with Crippen molar-refractivity contribution in [1.29, 1.82) is 0 Å². The molecule has 0 radical (unpaired) electrons. The summed E-state index contributed by atoms with van der Waals surface area (Å²) in [6.45, 7) is 5.35. The number of amides is 1. The Morgan fingerprint density at radius 3 is 2.27 bits per heavy atom. The molecule has 1 saturated carbocycles. The molecule has 3 rings (SSSR count). The van der Waals surface area contributed by atoms with Gasteiger partial charge in [0.2, 0.25) is 10.0 Å². The molecular formula is C23H31N3O3S. The van der Waals surface area contributed by atoms with E-state index in [1.165, 1.54) is 42.1 Å². The number of carbonyl (C=O) groups is 1. The molecule has 2 aromatic rings. The standard InChI is InChI=1S/C23H31N3O3S/c1-3-26(4-2)30(28,29)22-11-7-10-19(16-22)23(27)25-21-14-12-20(13-15-21)24-17-18-8-5-6-9-18/h7,10-16,18,24H,3-6,8-9,17H2,1-2H3,(H,25,27). The van der Waals surface area contributed by atoms with E-state index in [-0.39, 0.29) is 10.8 Å². The maximum Gasteiger partial charge on any atom is 0.255 e. The molecule has 7 heteroatoms. The average Bonchev–Trinajstić information content (AvgIpc) is 3.28. The lowest BCUT2D eigenvalue weighted by Crippen LogP contribution is -2.30. The molecule has 2 aromatic carbocycles. The lowest BCUT2D eigenvalue weighted by Gasteiger charge is -2.18. The third-order valence-corrected chi connectivity index (χ3v) is 7.70. The second-order valence-electron chi connectivity index (χ2n) is 7.68. The first kappa shape index (κ1) is 22.3. The van der Waals surface area contributed by atoms with Crippen LogP contribution in [0.4, 0.5) is 11.4 Å². The quantitative estimate of drug-likeness (QED) is 0.612. The van der Waals surface area contributed by atoms with Crippen molar-refractivity contribution in [2.75, 3.05) is 30.3 Å². The van der Waals surface area contributed by atoms with Crippen LogP contribution >= 0.6 is 0 Å². The highest BCUT2D eigenvalue weighted by atomic mass is 32.2. The summed E-state index contributed by atoms with van der Waals surface area (Å²) in [5.41, 5.74) is 2.02. The van der Waals surface area contributed by atoms with Crippen LogP contribution in [0.3, 0.4) is 0 Å². The fourth-order valence-electron chi connectivity index (χ4n) is 3.86. The van der Waals surface area contributed by atoms with Gasteiger partial charge in [-0.2, -0.15) is 4.31 Å². The molecule has 1 aliphatic rings. The van der Waals surface area contributed by atoms with E-state index in [0.29, 0.717) is 24.3 Å². The van der Waals surface area contributed by atoms with Gasteiger partial charge in [-0.05, 0) is 61.2 Å². The highest BCUT2D eigenvalue weighted by molar-refractivity contribution is 7.89. The molecule has 1 amide bonds. The predicted molar refractivity (Wildman–Crippen MR) is 121 cm³/mol. The van der Waals surface area contributed by atoms with E-state index in [1.807, 2.05) is 24.3 Å². The van der Waals surface area contributed by atoms with Crippen LogP contribution in [0.25, 0.3) is 0 Å². The summed E-state index contributed by atoms with van der Waals surface area (Å²) in [6, 6.07) is 13.8. The molecule has 0 saturated heterocycles. The van der Waals surface area contributed by atoms with Gasteiger partial charge < -0.3 is 10.6 Å². The van der Waals surface area contributed by atoms with Crippen LogP contribution < -0.4 is 10.6 Å². The van der Waals surface area contributed by atoms with Crippen LogP contribution in [0.15, 0.2) is 53.4 Å². The fraction of sp³-hybridized carbons (Fsp3) is 0.435. The van der Waals surface area contributed by atoms with Crippen molar-refractivity contribution < 1.29 is 13.2 Å². The summed E-state index contributed by atoms with van der Waals surface area (Å²) in [4.78, 5) is 12.8. The summed E-state index contributed by atoms with van der Waals surface area (Å²) in [5.74, 6) is 0.419. The third-order valence-electron chi connectivity index (χ3n) is 5.65. The molecule has 0 atom stereocenters. The molecular weight excluding hydrogens is 398 g/mol. The largest absolute Gasteiger partial charge is 0.385 e. The topological polar surface area (TPSA) is 78.5 Å². The van der Waals surface area contributed by atoms with Crippen molar-refractivity contribution in [1.82, 2.24) is 4.31 Å². The fourth-order valence-corrected chi connectivity index (χ4v) is 5.37. The van der Waals surface area contributed by atoms with Gasteiger partial charge in [-0.1, -0.05) is 32.8 Å². The summed E-state index contributed by atoms with van der Waals surface area (Å²) in [5, 5.41) is 6.30. The van der Waals surface area contributed by atoms with Gasteiger partial charge in [-0.3, -0.25) is 4.79 Å². The minimum atomic E-state index is -3.60. The van der Waals surface area contributed by atoms with Crippen molar-refractivity contribution in [3.8, 4) is 0 Å². The van der Waals surface area contributed by atoms with Crippen molar-refractivity contribution in [3.63, 3.8) is 0 Å². The molecule has 0 heterocycles. The van der Waals surface area contributed by atoms with Gasteiger partial charge in [0.25, 0.3) is 5.91 Å². The molecule has 1 fully saturated rings. The summed E-state index contributed by atoms with van der Waals surface area (Å²) < 4.78 is 26.8. The number of carbonyl (C=O) groups excluding carboxylic acids is 1. The Balaban J connectivity index is 1.64. The average molecular weight is 430 g/mol. The first-order valence-electron chi connectivity index (χ1n) is 10.7. The van der Waals surface area contributed by atoms with Gasteiger partial charge in [0, 0.05) is 36.6 Å². The SMILES string of the molecule is CCN(CC)S(=O)(=O)c1cccc(C(=O)Nc2ccc(NCC3CCCC3)cc2)c1. The summed E-state index contributed by atoms with van der Waals surface area (Å²) >= 11 is 0. The van der Waals surface area contributed by atoms with Crippen LogP contribution in [-0.2, 0) is 10.0 Å². The highest BCUT2D eigenvalue weighted by Crippen LogP contribution is 2.25. The molecule has 6 nitrogen and oxygen atoms in total. The van der Waals surface area contributed by atoms with Gasteiger partial charge in [0.15, 0.2) is 0 Å². The Morgan fingerprint density at radius 1 is 1.00 bits per heavy atom. The van der Waals surface area contributed by atoms with E-state index in [1.54, 1.807) is 26.0 Å². The normalized spacial score (nSPS) is 14.8. The maximum absolute atomic E-state index is 12.7. The Morgan fingerprint density at radius 2 is 1.63 bits per heavy atom. The molecule has 30 heavy (non-hydrogen) atoms. The number of hydrogen-bond acceptors (Lipinski definition) is 4. The van der Waals surface area contributed by atoms with Crippen LogP contribution in [0.2, 0.25) is 0 Å². The number of nitrogens with one attached hydrogen (secondary N) is 2. The Hall–Kier alpha value is -2.38. The smallest absolute Gasteiger partial charge is 0.255 e. The number of anilines is 2. The Bertz CT molecular complexity index is 948. The molecule has 0 spiro atoms. The minimum absolute atomic E-state index is 0.130. The number of nitrogens with zero attached hydrogens (tertiary/aromatic N) is 1. The summed E-state index contributed by atoms with van der Waals surface area (Å²) in [7, 11) is -3.60. The Labute approximate surface area is 179 Å². The van der Waals surface area contributed by atoms with E-state index in [0.717, 1.165) is 18.2 Å². The van der Waals surface area contributed by atoms with Crippen LogP contribution in [-0.4, -0.2) is 38.3 Å². The van der Waals surface area contributed by atoms with E-state index in [9.17, 15) is 13.2 Å². The minimum Gasteiger partial charge on any atom is -0.385 e. The molecule has 0 bridgehead atoms. The molecule has 0 aromatic heterocycles. The van der Waals surface area contributed by atoms with E-state index >= 15 is 0 Å². The second-order valence-corrected chi connectivity index (χ2v) is 9.62. The monoisotopic (exact) mass is 429 g/mol. The molecule has 0 unspecified atom stereocenters. The van der Waals surface area contributed by atoms with Gasteiger partial charge in [-0.15, -0.1) is 0 Å². The van der Waals surface area contributed by atoms with E-state index in [2.05, 4.69) is 10.6 Å². The van der Waals surface area contributed by atoms with Crippen molar-refractivity contribution in [2.24, 2.45) is 5.92 Å². The predicted octanol–water partition coefficient (Wildman–Crippen LogP) is 4.57.